The monoisotopic (exact) mass is 408 g/mol. The van der Waals surface area contributed by atoms with Crippen LogP contribution in [0.5, 0.6) is 11.5 Å². The first-order valence-corrected chi connectivity index (χ1v) is 9.47. The molecule has 8 heteroatoms. The van der Waals surface area contributed by atoms with Crippen molar-refractivity contribution in [2.24, 2.45) is 0 Å². The first kappa shape index (κ1) is 20.8. The Labute approximate surface area is 167 Å². The summed E-state index contributed by atoms with van der Waals surface area (Å²) >= 11 is 0. The SMILES string of the molecule is CCCOc1ccc(C(F)(F)F)cc1NCC(=O)NC1CCOc2ccccc21. The Kier molecular flexibility index (Phi) is 6.51. The molecule has 0 saturated heterocycles. The first-order valence-electron chi connectivity index (χ1n) is 9.47. The van der Waals surface area contributed by atoms with E-state index < -0.39 is 11.7 Å². The molecule has 0 aromatic heterocycles. The number of alkyl halides is 3. The average molecular weight is 408 g/mol. The molecule has 156 valence electrons. The zero-order chi connectivity index (χ0) is 20.9. The van der Waals surface area contributed by atoms with Gasteiger partial charge in [-0.2, -0.15) is 13.2 Å². The van der Waals surface area contributed by atoms with Crippen LogP contribution in [0.1, 0.15) is 36.9 Å². The number of hydrogen-bond donors (Lipinski definition) is 2. The molecule has 0 bridgehead atoms. The van der Waals surface area contributed by atoms with Crippen LogP contribution in [0.2, 0.25) is 0 Å². The molecule has 0 radical (unpaired) electrons. The van der Waals surface area contributed by atoms with Gasteiger partial charge in [-0.15, -0.1) is 0 Å². The predicted octanol–water partition coefficient (Wildman–Crippen LogP) is 4.55. The highest BCUT2D eigenvalue weighted by Crippen LogP contribution is 2.35. The van der Waals surface area contributed by atoms with E-state index in [-0.39, 0.29) is 29.9 Å². The highest BCUT2D eigenvalue weighted by atomic mass is 19.4. The Bertz CT molecular complexity index is 855. The Morgan fingerprint density at radius 2 is 2.03 bits per heavy atom. The molecule has 1 atom stereocenters. The van der Waals surface area contributed by atoms with Gasteiger partial charge in [0.15, 0.2) is 0 Å². The number of rotatable bonds is 7. The smallest absolute Gasteiger partial charge is 0.416 e. The van der Waals surface area contributed by atoms with Gasteiger partial charge in [0, 0.05) is 12.0 Å². The number of carbonyl (C=O) groups is 1. The van der Waals surface area contributed by atoms with E-state index in [9.17, 15) is 18.0 Å². The van der Waals surface area contributed by atoms with Crippen molar-refractivity contribution < 1.29 is 27.4 Å². The van der Waals surface area contributed by atoms with Crippen molar-refractivity contribution >= 4 is 11.6 Å². The number of para-hydroxylation sites is 1. The third-order valence-electron chi connectivity index (χ3n) is 4.50. The van der Waals surface area contributed by atoms with Gasteiger partial charge >= 0.3 is 6.18 Å². The lowest BCUT2D eigenvalue weighted by molar-refractivity contribution is -0.137. The Morgan fingerprint density at radius 3 is 2.79 bits per heavy atom. The van der Waals surface area contributed by atoms with Crippen LogP contribution in [-0.2, 0) is 11.0 Å². The summed E-state index contributed by atoms with van der Waals surface area (Å²) in [4.78, 5) is 12.4. The van der Waals surface area contributed by atoms with Crippen LogP contribution < -0.4 is 20.1 Å². The highest BCUT2D eigenvalue weighted by molar-refractivity contribution is 5.82. The van der Waals surface area contributed by atoms with Crippen LogP contribution in [-0.4, -0.2) is 25.7 Å². The number of nitrogens with one attached hydrogen (secondary N) is 2. The summed E-state index contributed by atoms with van der Waals surface area (Å²) in [6.07, 6.45) is -3.14. The fourth-order valence-corrected chi connectivity index (χ4v) is 3.10. The summed E-state index contributed by atoms with van der Waals surface area (Å²) in [6.45, 7) is 2.57. The molecule has 0 aliphatic carbocycles. The highest BCUT2D eigenvalue weighted by Gasteiger charge is 2.31. The lowest BCUT2D eigenvalue weighted by Crippen LogP contribution is -2.35. The van der Waals surface area contributed by atoms with E-state index in [1.807, 2.05) is 31.2 Å². The molecule has 5 nitrogen and oxygen atoms in total. The molecule has 3 rings (SSSR count). The lowest BCUT2D eigenvalue weighted by atomic mass is 10.0. The van der Waals surface area contributed by atoms with Gasteiger partial charge in [-0.05, 0) is 30.7 Å². The fourth-order valence-electron chi connectivity index (χ4n) is 3.10. The minimum absolute atomic E-state index is 0.135. The quantitative estimate of drug-likeness (QED) is 0.706. The summed E-state index contributed by atoms with van der Waals surface area (Å²) in [5.41, 5.74) is 0.219. The van der Waals surface area contributed by atoms with E-state index in [1.165, 1.54) is 6.07 Å². The van der Waals surface area contributed by atoms with Gasteiger partial charge in [0.1, 0.15) is 11.5 Å². The van der Waals surface area contributed by atoms with Crippen molar-refractivity contribution in [1.29, 1.82) is 0 Å². The molecule has 1 unspecified atom stereocenters. The fraction of sp³-hybridized carbons (Fsp3) is 0.381. The van der Waals surface area contributed by atoms with Gasteiger partial charge in [-0.25, -0.2) is 0 Å². The van der Waals surface area contributed by atoms with Crippen molar-refractivity contribution in [2.45, 2.75) is 32.0 Å². The summed E-state index contributed by atoms with van der Waals surface area (Å²) in [6, 6.07) is 10.4. The molecule has 1 aliphatic rings. The molecule has 0 fully saturated rings. The van der Waals surface area contributed by atoms with Crippen molar-refractivity contribution in [3.8, 4) is 11.5 Å². The molecular formula is C21H23F3N2O3. The molecule has 1 aliphatic heterocycles. The summed E-state index contributed by atoms with van der Waals surface area (Å²) < 4.78 is 50.2. The first-order chi connectivity index (χ1) is 13.9. The number of halogens is 3. The standard InChI is InChI=1S/C21H23F3N2O3/c1-2-10-28-19-8-7-14(21(22,23)24)12-17(19)25-13-20(27)26-16-9-11-29-18-6-4-3-5-15(16)18/h3-8,12,16,25H,2,9-11,13H2,1H3,(H,26,27). The van der Waals surface area contributed by atoms with Crippen molar-refractivity contribution in [2.75, 3.05) is 25.1 Å². The van der Waals surface area contributed by atoms with Gasteiger partial charge in [0.2, 0.25) is 5.91 Å². The second kappa shape index (κ2) is 9.07. The Morgan fingerprint density at radius 1 is 1.24 bits per heavy atom. The minimum Gasteiger partial charge on any atom is -0.493 e. The number of anilines is 1. The van der Waals surface area contributed by atoms with Crippen molar-refractivity contribution in [1.82, 2.24) is 5.32 Å². The van der Waals surface area contributed by atoms with Crippen LogP contribution in [0, 0.1) is 0 Å². The summed E-state index contributed by atoms with van der Waals surface area (Å²) in [5.74, 6) is 0.680. The maximum atomic E-state index is 13.0. The summed E-state index contributed by atoms with van der Waals surface area (Å²) in [5, 5.41) is 5.69. The summed E-state index contributed by atoms with van der Waals surface area (Å²) in [7, 11) is 0. The number of benzene rings is 2. The van der Waals surface area contributed by atoms with Gasteiger partial charge in [0.05, 0.1) is 37.1 Å². The van der Waals surface area contributed by atoms with E-state index in [2.05, 4.69) is 10.6 Å². The number of carbonyl (C=O) groups excluding carboxylic acids is 1. The van der Waals surface area contributed by atoms with E-state index >= 15 is 0 Å². The van der Waals surface area contributed by atoms with Crippen molar-refractivity contribution in [3.05, 3.63) is 53.6 Å². The Balaban J connectivity index is 1.68. The van der Waals surface area contributed by atoms with Gasteiger partial charge in [-0.3, -0.25) is 4.79 Å². The number of hydrogen-bond acceptors (Lipinski definition) is 4. The van der Waals surface area contributed by atoms with Crippen molar-refractivity contribution in [3.63, 3.8) is 0 Å². The molecule has 2 aromatic rings. The normalized spacial score (nSPS) is 15.8. The zero-order valence-electron chi connectivity index (χ0n) is 16.0. The molecule has 1 amide bonds. The maximum Gasteiger partial charge on any atom is 0.416 e. The van der Waals surface area contributed by atoms with Gasteiger partial charge in [0.25, 0.3) is 0 Å². The molecule has 2 aromatic carbocycles. The third-order valence-corrected chi connectivity index (χ3v) is 4.50. The minimum atomic E-state index is -4.48. The molecule has 2 N–H and O–H groups in total. The van der Waals surface area contributed by atoms with Crippen LogP contribution in [0.25, 0.3) is 0 Å². The predicted molar refractivity (Wildman–Crippen MR) is 103 cm³/mol. The van der Waals surface area contributed by atoms with E-state index in [4.69, 9.17) is 9.47 Å². The van der Waals surface area contributed by atoms with E-state index in [0.717, 1.165) is 23.4 Å². The van der Waals surface area contributed by atoms with E-state index in [0.29, 0.717) is 26.1 Å². The average Bonchev–Trinajstić information content (AvgIpc) is 2.70. The van der Waals surface area contributed by atoms with E-state index in [1.54, 1.807) is 0 Å². The third kappa shape index (κ3) is 5.34. The zero-order valence-corrected chi connectivity index (χ0v) is 16.0. The number of ether oxygens (including phenoxy) is 2. The second-order valence-corrected chi connectivity index (χ2v) is 6.71. The topological polar surface area (TPSA) is 59.6 Å². The second-order valence-electron chi connectivity index (χ2n) is 6.71. The van der Waals surface area contributed by atoms with Crippen LogP contribution in [0.15, 0.2) is 42.5 Å². The molecule has 1 heterocycles. The van der Waals surface area contributed by atoms with Gasteiger partial charge < -0.3 is 20.1 Å². The van der Waals surface area contributed by atoms with Crippen LogP contribution in [0.3, 0.4) is 0 Å². The van der Waals surface area contributed by atoms with Crippen LogP contribution in [0.4, 0.5) is 18.9 Å². The largest absolute Gasteiger partial charge is 0.493 e. The van der Waals surface area contributed by atoms with Gasteiger partial charge in [-0.1, -0.05) is 25.1 Å². The molecule has 29 heavy (non-hydrogen) atoms. The van der Waals surface area contributed by atoms with Crippen LogP contribution >= 0.6 is 0 Å². The lowest BCUT2D eigenvalue weighted by Gasteiger charge is -2.26. The molecule has 0 spiro atoms. The number of amides is 1. The molecule has 0 saturated carbocycles. The molecular weight excluding hydrogens is 385 g/mol. The number of fused-ring (bicyclic) bond motifs is 1. The maximum absolute atomic E-state index is 13.0. The Hall–Kier alpha value is -2.90.